The number of fused-ring (bicyclic) bond motifs is 2. The smallest absolute Gasteiger partial charge is 0.208 e. The molecule has 2 aromatic heterocycles. The summed E-state index contributed by atoms with van der Waals surface area (Å²) >= 11 is 0. The van der Waals surface area contributed by atoms with E-state index in [4.69, 9.17) is 9.40 Å². The molecule has 144 valence electrons. The van der Waals surface area contributed by atoms with Gasteiger partial charge in [-0.2, -0.15) is 0 Å². The average Bonchev–Trinajstić information content (AvgIpc) is 3.33. The van der Waals surface area contributed by atoms with Gasteiger partial charge in [-0.3, -0.25) is 4.90 Å². The van der Waals surface area contributed by atoms with E-state index in [1.807, 2.05) is 0 Å². The highest BCUT2D eigenvalue weighted by Gasteiger charge is 2.41. The number of rotatable bonds is 3. The maximum absolute atomic E-state index is 5.97. The molecule has 1 aliphatic carbocycles. The number of aromatic nitrogens is 3. The zero-order chi connectivity index (χ0) is 18.6. The topological polar surface area (TPSA) is 58.3 Å². The molecule has 0 radical (unpaired) electrons. The van der Waals surface area contributed by atoms with Gasteiger partial charge in [0.05, 0.1) is 17.9 Å². The van der Waals surface area contributed by atoms with Crippen molar-refractivity contribution in [2.75, 3.05) is 31.1 Å². The van der Waals surface area contributed by atoms with Crippen molar-refractivity contribution in [3.8, 4) is 0 Å². The summed E-state index contributed by atoms with van der Waals surface area (Å²) in [7, 11) is 0. The van der Waals surface area contributed by atoms with E-state index in [0.717, 1.165) is 68.7 Å². The fourth-order valence-corrected chi connectivity index (χ4v) is 4.84. The summed E-state index contributed by atoms with van der Waals surface area (Å²) in [6, 6.07) is 2.17. The van der Waals surface area contributed by atoms with Crippen LogP contribution in [0.3, 0.4) is 0 Å². The van der Waals surface area contributed by atoms with Gasteiger partial charge in [-0.1, -0.05) is 20.8 Å². The second-order valence-corrected chi connectivity index (χ2v) is 9.46. The molecule has 0 spiro atoms. The SMILES string of the molecule is CC(C)(C)c1cc(N2CC3CN(Cc4nc5c(o4)CCC5)CC3C2)ncn1. The Morgan fingerprint density at radius 1 is 1.07 bits per heavy atom. The first-order valence-corrected chi connectivity index (χ1v) is 10.2. The molecule has 3 aliphatic rings. The highest BCUT2D eigenvalue weighted by atomic mass is 16.4. The van der Waals surface area contributed by atoms with Crippen LogP contribution in [0.15, 0.2) is 16.8 Å². The van der Waals surface area contributed by atoms with E-state index in [1.165, 1.54) is 12.1 Å². The molecule has 2 unspecified atom stereocenters. The first kappa shape index (κ1) is 17.2. The molecule has 2 aromatic rings. The molecule has 6 nitrogen and oxygen atoms in total. The van der Waals surface area contributed by atoms with Crippen LogP contribution in [0.1, 0.15) is 50.2 Å². The van der Waals surface area contributed by atoms with Crippen molar-refractivity contribution in [1.29, 1.82) is 0 Å². The molecule has 2 aliphatic heterocycles. The van der Waals surface area contributed by atoms with Gasteiger partial charge < -0.3 is 9.32 Å². The number of oxazole rings is 1. The van der Waals surface area contributed by atoms with Crippen LogP contribution in [0.25, 0.3) is 0 Å². The van der Waals surface area contributed by atoms with Gasteiger partial charge in [0.15, 0.2) is 0 Å². The van der Waals surface area contributed by atoms with Gasteiger partial charge in [-0.15, -0.1) is 0 Å². The number of nitrogens with zero attached hydrogens (tertiary/aromatic N) is 5. The van der Waals surface area contributed by atoms with Crippen molar-refractivity contribution >= 4 is 5.82 Å². The molecular formula is C21H29N5O. The van der Waals surface area contributed by atoms with E-state index in [1.54, 1.807) is 6.33 Å². The van der Waals surface area contributed by atoms with Crippen molar-refractivity contribution in [2.45, 2.75) is 52.0 Å². The zero-order valence-electron chi connectivity index (χ0n) is 16.6. The third kappa shape index (κ3) is 3.24. The molecule has 0 saturated carbocycles. The van der Waals surface area contributed by atoms with Crippen LogP contribution in [0.4, 0.5) is 5.82 Å². The summed E-state index contributed by atoms with van der Waals surface area (Å²) in [4.78, 5) is 18.7. The molecule has 0 N–H and O–H groups in total. The van der Waals surface area contributed by atoms with Crippen LogP contribution < -0.4 is 4.90 Å². The molecule has 2 atom stereocenters. The summed E-state index contributed by atoms with van der Waals surface area (Å²) < 4.78 is 5.97. The largest absolute Gasteiger partial charge is 0.444 e. The molecule has 27 heavy (non-hydrogen) atoms. The lowest BCUT2D eigenvalue weighted by molar-refractivity contribution is 0.270. The van der Waals surface area contributed by atoms with E-state index in [9.17, 15) is 0 Å². The Labute approximate surface area is 161 Å². The molecular weight excluding hydrogens is 338 g/mol. The van der Waals surface area contributed by atoms with E-state index in [2.05, 4.69) is 46.6 Å². The maximum Gasteiger partial charge on any atom is 0.208 e. The fraction of sp³-hybridized carbons (Fsp3) is 0.667. The van der Waals surface area contributed by atoms with Crippen LogP contribution >= 0.6 is 0 Å². The summed E-state index contributed by atoms with van der Waals surface area (Å²) in [5.41, 5.74) is 2.37. The number of aryl methyl sites for hydroxylation is 2. The van der Waals surface area contributed by atoms with Gasteiger partial charge in [0, 0.05) is 44.1 Å². The molecule has 0 bridgehead atoms. The highest BCUT2D eigenvalue weighted by Crippen LogP contribution is 2.35. The zero-order valence-corrected chi connectivity index (χ0v) is 16.6. The third-order valence-corrected chi connectivity index (χ3v) is 6.31. The highest BCUT2D eigenvalue weighted by molar-refractivity contribution is 5.42. The number of likely N-dealkylation sites (tertiary alicyclic amines) is 1. The first-order chi connectivity index (χ1) is 13.0. The molecule has 0 amide bonds. The monoisotopic (exact) mass is 367 g/mol. The van der Waals surface area contributed by atoms with Crippen LogP contribution in [0.2, 0.25) is 0 Å². The van der Waals surface area contributed by atoms with Crippen molar-refractivity contribution in [2.24, 2.45) is 11.8 Å². The van der Waals surface area contributed by atoms with Gasteiger partial charge >= 0.3 is 0 Å². The second kappa shape index (κ2) is 6.30. The Kier molecular flexibility index (Phi) is 4.00. The molecule has 4 heterocycles. The Morgan fingerprint density at radius 3 is 2.56 bits per heavy atom. The van der Waals surface area contributed by atoms with Crippen molar-refractivity contribution in [1.82, 2.24) is 19.9 Å². The molecule has 2 fully saturated rings. The average molecular weight is 367 g/mol. The predicted octanol–water partition coefficient (Wildman–Crippen LogP) is 2.82. The minimum atomic E-state index is 0.0560. The molecule has 6 heteroatoms. The lowest BCUT2D eigenvalue weighted by Crippen LogP contribution is -2.29. The minimum absolute atomic E-state index is 0.0560. The van der Waals surface area contributed by atoms with E-state index >= 15 is 0 Å². The van der Waals surface area contributed by atoms with E-state index in [-0.39, 0.29) is 5.41 Å². The van der Waals surface area contributed by atoms with Crippen molar-refractivity contribution in [3.63, 3.8) is 0 Å². The maximum atomic E-state index is 5.97. The van der Waals surface area contributed by atoms with Crippen LogP contribution in [0, 0.1) is 11.8 Å². The van der Waals surface area contributed by atoms with Gasteiger partial charge in [0.25, 0.3) is 0 Å². The Morgan fingerprint density at radius 2 is 1.85 bits per heavy atom. The summed E-state index contributed by atoms with van der Waals surface area (Å²) in [5.74, 6) is 4.55. The lowest BCUT2D eigenvalue weighted by atomic mass is 9.92. The standard InChI is InChI=1S/C21H29N5O/c1-21(2,3)18-7-19(23-13-22-18)26-10-14-8-25(9-15(14)11-26)12-20-24-16-5-4-6-17(16)27-20/h7,13-15H,4-6,8-12H2,1-3H3. The predicted molar refractivity (Wildman–Crippen MR) is 104 cm³/mol. The Balaban J connectivity index is 1.22. The molecule has 0 aromatic carbocycles. The van der Waals surface area contributed by atoms with Crippen LogP contribution in [-0.2, 0) is 24.8 Å². The first-order valence-electron chi connectivity index (χ1n) is 10.2. The third-order valence-electron chi connectivity index (χ3n) is 6.31. The quantitative estimate of drug-likeness (QED) is 0.831. The normalized spacial score (nSPS) is 25.2. The van der Waals surface area contributed by atoms with Crippen LogP contribution in [0.5, 0.6) is 0 Å². The lowest BCUT2D eigenvalue weighted by Gasteiger charge is -2.23. The number of anilines is 1. The minimum Gasteiger partial charge on any atom is -0.444 e. The van der Waals surface area contributed by atoms with Gasteiger partial charge in [-0.25, -0.2) is 15.0 Å². The Bertz CT molecular complexity index is 804. The van der Waals surface area contributed by atoms with E-state index in [0.29, 0.717) is 11.8 Å². The van der Waals surface area contributed by atoms with Gasteiger partial charge in [0.1, 0.15) is 17.9 Å². The van der Waals surface area contributed by atoms with E-state index < -0.39 is 0 Å². The summed E-state index contributed by atoms with van der Waals surface area (Å²) in [6.07, 6.45) is 5.08. The van der Waals surface area contributed by atoms with Gasteiger partial charge in [0.2, 0.25) is 5.89 Å². The van der Waals surface area contributed by atoms with Crippen molar-refractivity contribution < 1.29 is 4.42 Å². The summed E-state index contributed by atoms with van der Waals surface area (Å²) in [5, 5.41) is 0. The van der Waals surface area contributed by atoms with Crippen LogP contribution in [-0.4, -0.2) is 46.0 Å². The summed E-state index contributed by atoms with van der Waals surface area (Å²) in [6.45, 7) is 11.9. The Hall–Kier alpha value is -1.95. The fourth-order valence-electron chi connectivity index (χ4n) is 4.84. The number of hydrogen-bond donors (Lipinski definition) is 0. The molecule has 5 rings (SSSR count). The van der Waals surface area contributed by atoms with Crippen molar-refractivity contribution in [3.05, 3.63) is 35.4 Å². The second-order valence-electron chi connectivity index (χ2n) is 9.46. The van der Waals surface area contributed by atoms with Gasteiger partial charge in [-0.05, 0) is 24.7 Å². The number of hydrogen-bond acceptors (Lipinski definition) is 6. The molecule has 2 saturated heterocycles.